The van der Waals surface area contributed by atoms with E-state index in [4.69, 9.17) is 5.26 Å². The third kappa shape index (κ3) is 2.17. The molecule has 0 saturated carbocycles. The maximum atomic E-state index is 13.7. The maximum Gasteiger partial charge on any atom is 0.132 e. The number of allylic oxidation sites excluding steroid dienone is 1. The number of hydrogen-bond donors (Lipinski definition) is 0. The summed E-state index contributed by atoms with van der Waals surface area (Å²) in [6, 6.07) is 6.91. The van der Waals surface area contributed by atoms with Crippen LogP contribution in [0, 0.1) is 17.1 Å². The molecule has 0 saturated heterocycles. The average Bonchev–Trinajstić information content (AvgIpc) is 2.31. The van der Waals surface area contributed by atoms with Crippen LogP contribution in [0.3, 0.4) is 0 Å². The van der Waals surface area contributed by atoms with Crippen molar-refractivity contribution in [1.29, 1.82) is 5.26 Å². The number of halogens is 1. The lowest BCUT2D eigenvalue weighted by atomic mass is 10.0. The lowest BCUT2D eigenvalue weighted by molar-refractivity contribution is 0.623. The molecule has 1 aromatic rings. The molecule has 0 aromatic heterocycles. The number of hydrogen-bond acceptors (Lipinski definition) is 2. The van der Waals surface area contributed by atoms with Gasteiger partial charge in [-0.2, -0.15) is 5.26 Å². The summed E-state index contributed by atoms with van der Waals surface area (Å²) in [5.74, 6) is -0.290. The number of aliphatic imine (C=N–C) groups is 1. The highest BCUT2D eigenvalue weighted by Gasteiger charge is 2.10. The Kier molecular flexibility index (Phi) is 3.11. The molecule has 2 nitrogen and oxygen atoms in total. The largest absolute Gasteiger partial charge is 0.285 e. The first-order valence-corrected chi connectivity index (χ1v) is 5.15. The van der Waals surface area contributed by atoms with E-state index in [1.165, 1.54) is 6.07 Å². The van der Waals surface area contributed by atoms with Crippen molar-refractivity contribution in [3.8, 4) is 6.07 Å². The SMILES string of the molecule is N#CCc1ccc(C2=NCC=CC2)c(F)c1. The molecule has 0 unspecified atom stereocenters. The Morgan fingerprint density at radius 2 is 2.25 bits per heavy atom. The normalized spacial score (nSPS) is 14.4. The monoisotopic (exact) mass is 214 g/mol. The zero-order valence-electron chi connectivity index (χ0n) is 8.78. The fraction of sp³-hybridized carbons (Fsp3) is 0.231. The van der Waals surface area contributed by atoms with Gasteiger partial charge >= 0.3 is 0 Å². The molecule has 1 aliphatic rings. The molecule has 0 amide bonds. The van der Waals surface area contributed by atoms with E-state index >= 15 is 0 Å². The summed E-state index contributed by atoms with van der Waals surface area (Å²) < 4.78 is 13.7. The summed E-state index contributed by atoms with van der Waals surface area (Å²) in [6.45, 7) is 0.620. The van der Waals surface area contributed by atoms with Crippen molar-refractivity contribution in [3.63, 3.8) is 0 Å². The first-order valence-electron chi connectivity index (χ1n) is 5.15. The second-order valence-electron chi connectivity index (χ2n) is 3.61. The Bertz CT molecular complexity index is 495. The zero-order chi connectivity index (χ0) is 11.4. The van der Waals surface area contributed by atoms with Crippen LogP contribution in [0.4, 0.5) is 4.39 Å². The summed E-state index contributed by atoms with van der Waals surface area (Å²) >= 11 is 0. The van der Waals surface area contributed by atoms with Crippen molar-refractivity contribution in [3.05, 3.63) is 47.3 Å². The van der Waals surface area contributed by atoms with Crippen LogP contribution in [-0.4, -0.2) is 12.3 Å². The molecule has 0 atom stereocenters. The highest BCUT2D eigenvalue weighted by atomic mass is 19.1. The van der Waals surface area contributed by atoms with Gasteiger partial charge in [-0.15, -0.1) is 0 Å². The van der Waals surface area contributed by atoms with Gasteiger partial charge in [0, 0.05) is 17.7 Å². The standard InChI is InChI=1S/C13H11FN2/c14-12-9-10(6-7-15)4-5-11(12)13-3-1-2-8-16-13/h1-2,4-5,9H,3,6,8H2. The Hall–Kier alpha value is -1.95. The molecule has 1 heterocycles. The van der Waals surface area contributed by atoms with Gasteiger partial charge in [0.05, 0.1) is 19.0 Å². The Balaban J connectivity index is 2.29. The molecule has 1 aliphatic heterocycles. The second kappa shape index (κ2) is 4.71. The molecule has 0 aliphatic carbocycles. The first-order chi connectivity index (χ1) is 7.81. The second-order valence-corrected chi connectivity index (χ2v) is 3.61. The van der Waals surface area contributed by atoms with Crippen LogP contribution in [0.1, 0.15) is 17.5 Å². The van der Waals surface area contributed by atoms with E-state index in [0.717, 1.165) is 5.71 Å². The van der Waals surface area contributed by atoms with Crippen LogP contribution in [0.25, 0.3) is 0 Å². The van der Waals surface area contributed by atoms with Crippen LogP contribution < -0.4 is 0 Å². The van der Waals surface area contributed by atoms with Crippen LogP contribution in [0.15, 0.2) is 35.3 Å². The van der Waals surface area contributed by atoms with Crippen molar-refractivity contribution in [1.82, 2.24) is 0 Å². The van der Waals surface area contributed by atoms with Gasteiger partial charge in [-0.05, 0) is 17.7 Å². The topological polar surface area (TPSA) is 36.1 Å². The molecule has 0 radical (unpaired) electrons. The minimum absolute atomic E-state index is 0.240. The van der Waals surface area contributed by atoms with Crippen molar-refractivity contribution in [2.75, 3.05) is 6.54 Å². The molecule has 2 rings (SSSR count). The fourth-order valence-corrected chi connectivity index (χ4v) is 1.69. The summed E-state index contributed by atoms with van der Waals surface area (Å²) in [6.07, 6.45) is 4.87. The van der Waals surface area contributed by atoms with E-state index in [9.17, 15) is 4.39 Å². The van der Waals surface area contributed by atoms with E-state index in [1.807, 2.05) is 18.2 Å². The van der Waals surface area contributed by atoms with Crippen molar-refractivity contribution < 1.29 is 4.39 Å². The highest BCUT2D eigenvalue weighted by molar-refractivity contribution is 6.02. The van der Waals surface area contributed by atoms with Gasteiger partial charge in [-0.25, -0.2) is 4.39 Å². The predicted octanol–water partition coefficient (Wildman–Crippen LogP) is 2.64. The molecule has 0 bridgehead atoms. The van der Waals surface area contributed by atoms with E-state index in [2.05, 4.69) is 4.99 Å². The Labute approximate surface area is 93.7 Å². The smallest absolute Gasteiger partial charge is 0.132 e. The molecule has 0 fully saturated rings. The third-order valence-electron chi connectivity index (χ3n) is 2.49. The van der Waals surface area contributed by atoms with Crippen LogP contribution in [0.2, 0.25) is 0 Å². The van der Waals surface area contributed by atoms with Gasteiger partial charge in [-0.1, -0.05) is 18.2 Å². The Morgan fingerprint density at radius 3 is 2.88 bits per heavy atom. The van der Waals surface area contributed by atoms with E-state index in [1.54, 1.807) is 12.1 Å². The van der Waals surface area contributed by atoms with Gasteiger partial charge in [0.2, 0.25) is 0 Å². The lowest BCUT2D eigenvalue weighted by Gasteiger charge is -2.09. The molecule has 0 N–H and O–H groups in total. The number of nitrogens with zero attached hydrogens (tertiary/aromatic N) is 2. The lowest BCUT2D eigenvalue weighted by Crippen LogP contribution is -2.07. The van der Waals surface area contributed by atoms with E-state index in [-0.39, 0.29) is 12.2 Å². The molecule has 1 aromatic carbocycles. The predicted molar refractivity (Wildman–Crippen MR) is 60.9 cm³/mol. The summed E-state index contributed by atoms with van der Waals surface area (Å²) in [4.78, 5) is 4.26. The minimum Gasteiger partial charge on any atom is -0.285 e. The summed E-state index contributed by atoms with van der Waals surface area (Å²) in [7, 11) is 0. The number of benzene rings is 1. The molecule has 80 valence electrons. The molecule has 0 spiro atoms. The van der Waals surface area contributed by atoms with Crippen molar-refractivity contribution >= 4 is 5.71 Å². The summed E-state index contributed by atoms with van der Waals surface area (Å²) in [5, 5.41) is 8.52. The zero-order valence-corrected chi connectivity index (χ0v) is 8.78. The van der Waals surface area contributed by atoms with Gasteiger partial charge in [0.25, 0.3) is 0 Å². The van der Waals surface area contributed by atoms with E-state index in [0.29, 0.717) is 24.1 Å². The molecular formula is C13H11FN2. The van der Waals surface area contributed by atoms with Gasteiger partial charge < -0.3 is 0 Å². The van der Waals surface area contributed by atoms with Gasteiger partial charge in [0.15, 0.2) is 0 Å². The molecular weight excluding hydrogens is 203 g/mol. The van der Waals surface area contributed by atoms with E-state index < -0.39 is 0 Å². The van der Waals surface area contributed by atoms with Gasteiger partial charge in [-0.3, -0.25) is 4.99 Å². The van der Waals surface area contributed by atoms with Crippen LogP contribution >= 0.6 is 0 Å². The van der Waals surface area contributed by atoms with Crippen molar-refractivity contribution in [2.24, 2.45) is 4.99 Å². The summed E-state index contributed by atoms with van der Waals surface area (Å²) in [5.41, 5.74) is 2.03. The molecule has 3 heteroatoms. The van der Waals surface area contributed by atoms with Crippen molar-refractivity contribution in [2.45, 2.75) is 12.8 Å². The number of dihydropyridines is 1. The van der Waals surface area contributed by atoms with Crippen LogP contribution in [0.5, 0.6) is 0 Å². The first kappa shape index (κ1) is 10.6. The van der Waals surface area contributed by atoms with Crippen LogP contribution in [-0.2, 0) is 6.42 Å². The number of rotatable bonds is 2. The number of nitriles is 1. The Morgan fingerprint density at radius 1 is 1.38 bits per heavy atom. The maximum absolute atomic E-state index is 13.7. The molecule has 16 heavy (non-hydrogen) atoms. The average molecular weight is 214 g/mol. The van der Waals surface area contributed by atoms with Gasteiger partial charge in [0.1, 0.15) is 5.82 Å². The minimum atomic E-state index is -0.290. The quantitative estimate of drug-likeness (QED) is 0.697. The highest BCUT2D eigenvalue weighted by Crippen LogP contribution is 2.15. The fourth-order valence-electron chi connectivity index (χ4n) is 1.69. The third-order valence-corrected chi connectivity index (χ3v) is 2.49.